The highest BCUT2D eigenvalue weighted by Gasteiger charge is 2.46. The molecule has 1 heterocycles. The third kappa shape index (κ3) is 9.74. The van der Waals surface area contributed by atoms with Crippen LogP contribution >= 0.6 is 23.8 Å². The summed E-state index contributed by atoms with van der Waals surface area (Å²) in [7, 11) is -1.63. The quantitative estimate of drug-likeness (QED) is 0.0728. The van der Waals surface area contributed by atoms with E-state index in [1.165, 1.54) is 44.4 Å². The van der Waals surface area contributed by atoms with Crippen molar-refractivity contribution in [1.29, 1.82) is 0 Å². The zero-order chi connectivity index (χ0) is 35.4. The van der Waals surface area contributed by atoms with Crippen LogP contribution in [0.5, 0.6) is 0 Å². The van der Waals surface area contributed by atoms with Gasteiger partial charge in [-0.2, -0.15) is 0 Å². The minimum Gasteiger partial charge on any atom is -0.344 e. The smallest absolute Gasteiger partial charge is 0.166 e. The molecule has 6 aromatic rings. The predicted molar refractivity (Wildman–Crippen MR) is 228 cm³/mol. The fourth-order valence-electron chi connectivity index (χ4n) is 7.27. The lowest BCUT2D eigenvalue weighted by Gasteiger charge is -2.27. The van der Waals surface area contributed by atoms with E-state index in [9.17, 15) is 0 Å². The second-order valence-corrected chi connectivity index (χ2v) is 20.5. The summed E-state index contributed by atoms with van der Waals surface area (Å²) < 4.78 is 14.4. The summed E-state index contributed by atoms with van der Waals surface area (Å²) in [4.78, 5) is 0. The molecule has 0 N–H and O–H groups in total. The van der Waals surface area contributed by atoms with Crippen molar-refractivity contribution < 1.29 is 9.47 Å². The molecule has 0 radical (unpaired) electrons. The molecule has 7 rings (SSSR count). The lowest BCUT2D eigenvalue weighted by atomic mass is 10.1. The van der Waals surface area contributed by atoms with Gasteiger partial charge in [0, 0.05) is 18.7 Å². The Morgan fingerprint density at radius 1 is 0.385 bits per heavy atom. The maximum Gasteiger partial charge on any atom is 0.166 e. The molecule has 52 heavy (non-hydrogen) atoms. The van der Waals surface area contributed by atoms with Gasteiger partial charge in [-0.25, -0.2) is 0 Å². The van der Waals surface area contributed by atoms with E-state index in [2.05, 4.69) is 189 Å². The Morgan fingerprint density at radius 2 is 0.673 bits per heavy atom. The summed E-state index contributed by atoms with van der Waals surface area (Å²) in [6, 6.07) is 66.4. The van der Waals surface area contributed by atoms with Crippen LogP contribution in [0.25, 0.3) is 0 Å². The highest BCUT2D eigenvalue weighted by molar-refractivity contribution is 7.73. The van der Waals surface area contributed by atoms with Gasteiger partial charge in [0.05, 0.1) is 12.2 Å². The number of ether oxygens (including phenoxy) is 2. The van der Waals surface area contributed by atoms with E-state index in [0.717, 1.165) is 31.6 Å². The third-order valence-corrected chi connectivity index (χ3v) is 17.6. The van der Waals surface area contributed by atoms with Gasteiger partial charge in [0.2, 0.25) is 0 Å². The first kappa shape index (κ1) is 36.9. The lowest BCUT2D eigenvalue weighted by Crippen LogP contribution is -2.33. The zero-order valence-corrected chi connectivity index (χ0v) is 32.8. The van der Waals surface area contributed by atoms with E-state index >= 15 is 0 Å². The van der Waals surface area contributed by atoms with Crippen LogP contribution in [0, 0.1) is 0 Å². The van der Waals surface area contributed by atoms with Gasteiger partial charge in [-0.15, -0.1) is 0 Å². The van der Waals surface area contributed by atoms with Crippen LogP contribution in [0.1, 0.15) is 32.6 Å². The Balaban J connectivity index is 1.09. The van der Waals surface area contributed by atoms with Crippen LogP contribution < -0.4 is 31.8 Å². The third-order valence-electron chi connectivity index (χ3n) is 9.86. The molecule has 1 aliphatic rings. The summed E-state index contributed by atoms with van der Waals surface area (Å²) in [6.07, 6.45) is 7.42. The molecule has 6 aromatic carbocycles. The average molecular weight is 739 g/mol. The fourth-order valence-corrected chi connectivity index (χ4v) is 14.6. The lowest BCUT2D eigenvalue weighted by molar-refractivity contribution is -0.163. The first-order valence-corrected chi connectivity index (χ1v) is 23.2. The predicted octanol–water partition coefficient (Wildman–Crippen LogP) is 9.45. The van der Waals surface area contributed by atoms with Crippen LogP contribution in [0.3, 0.4) is 0 Å². The summed E-state index contributed by atoms with van der Waals surface area (Å²) >= 11 is 0. The number of rotatable bonds is 16. The summed E-state index contributed by atoms with van der Waals surface area (Å²) in [6.45, 7) is 2.21. The van der Waals surface area contributed by atoms with Gasteiger partial charge < -0.3 is 9.47 Å². The molecule has 0 aromatic heterocycles. The van der Waals surface area contributed by atoms with Gasteiger partial charge in [0.25, 0.3) is 0 Å². The zero-order valence-electron chi connectivity index (χ0n) is 30.1. The van der Waals surface area contributed by atoms with E-state index in [4.69, 9.17) is 9.47 Å². The summed E-state index contributed by atoms with van der Waals surface area (Å²) in [5.74, 6) is -0.609. The van der Waals surface area contributed by atoms with E-state index in [1.54, 1.807) is 0 Å². The maximum atomic E-state index is 7.18. The summed E-state index contributed by atoms with van der Waals surface area (Å²) in [5, 5.41) is 8.49. The Kier molecular flexibility index (Phi) is 13.1. The van der Waals surface area contributed by atoms with Gasteiger partial charge >= 0.3 is 0 Å². The van der Waals surface area contributed by atoms with Crippen molar-refractivity contribution in [1.82, 2.24) is 0 Å². The van der Waals surface area contributed by atoms with Crippen LogP contribution in [0.4, 0.5) is 0 Å². The molecular formula is C47H49O2P3. The minimum absolute atomic E-state index is 0.00190. The Labute approximate surface area is 314 Å². The summed E-state index contributed by atoms with van der Waals surface area (Å²) in [5.41, 5.74) is 0. The largest absolute Gasteiger partial charge is 0.344 e. The molecule has 264 valence electrons. The van der Waals surface area contributed by atoms with Crippen molar-refractivity contribution in [3.8, 4) is 0 Å². The Morgan fingerprint density at radius 3 is 0.981 bits per heavy atom. The SMILES string of the molecule is CC1(CCCCCP(c2ccccc2)c2ccccc2)O[C@@H](CP(c2ccccc2)c2ccccc2)[C@H](CP(c2ccccc2)c2ccccc2)O1. The molecule has 1 fully saturated rings. The van der Waals surface area contributed by atoms with Crippen molar-refractivity contribution in [2.24, 2.45) is 0 Å². The molecule has 0 saturated carbocycles. The first-order chi connectivity index (χ1) is 25.7. The molecule has 5 heteroatoms. The number of unbranched alkanes of at least 4 members (excludes halogenated alkanes) is 2. The van der Waals surface area contributed by atoms with Crippen molar-refractivity contribution in [3.63, 3.8) is 0 Å². The van der Waals surface area contributed by atoms with Crippen LogP contribution in [0.15, 0.2) is 182 Å². The average Bonchev–Trinajstić information content (AvgIpc) is 3.53. The monoisotopic (exact) mass is 738 g/mol. The van der Waals surface area contributed by atoms with E-state index in [-0.39, 0.29) is 20.1 Å². The van der Waals surface area contributed by atoms with Gasteiger partial charge in [-0.1, -0.05) is 188 Å². The fraction of sp³-hybridized carbons (Fsp3) is 0.234. The molecule has 0 bridgehead atoms. The number of hydrogen-bond acceptors (Lipinski definition) is 2. The van der Waals surface area contributed by atoms with Crippen LogP contribution in [0.2, 0.25) is 0 Å². The molecule has 0 amide bonds. The molecule has 0 unspecified atom stereocenters. The Hall–Kier alpha value is -3.47. The van der Waals surface area contributed by atoms with Gasteiger partial charge in [-0.3, -0.25) is 0 Å². The molecule has 1 aliphatic heterocycles. The minimum atomic E-state index is -0.630. The highest BCUT2D eigenvalue weighted by atomic mass is 31.1. The topological polar surface area (TPSA) is 18.5 Å². The molecular weight excluding hydrogens is 689 g/mol. The molecule has 1 saturated heterocycles. The van der Waals surface area contributed by atoms with Gasteiger partial charge in [-0.05, 0) is 81.5 Å². The second-order valence-electron chi connectivity index (χ2n) is 13.6. The first-order valence-electron chi connectivity index (χ1n) is 18.6. The van der Waals surface area contributed by atoms with E-state index in [1.807, 2.05) is 0 Å². The number of hydrogen-bond donors (Lipinski definition) is 0. The molecule has 0 spiro atoms. The van der Waals surface area contributed by atoms with E-state index in [0.29, 0.717) is 0 Å². The molecule has 2 nitrogen and oxygen atoms in total. The van der Waals surface area contributed by atoms with Crippen molar-refractivity contribution in [2.45, 2.75) is 50.6 Å². The molecule has 0 aliphatic carbocycles. The van der Waals surface area contributed by atoms with Crippen molar-refractivity contribution in [2.75, 3.05) is 18.5 Å². The van der Waals surface area contributed by atoms with Gasteiger partial charge in [0.15, 0.2) is 5.79 Å². The Bertz CT molecular complexity index is 1680. The highest BCUT2D eigenvalue weighted by Crippen LogP contribution is 2.46. The van der Waals surface area contributed by atoms with Crippen molar-refractivity contribution in [3.05, 3.63) is 182 Å². The van der Waals surface area contributed by atoms with E-state index < -0.39 is 21.6 Å². The second kappa shape index (κ2) is 18.5. The standard InChI is InChI=1S/C47H49O2P3/c1-47(35-21-8-22-36-50(39-23-9-2-10-24-39)40-25-11-3-12-26-40)48-45(37-51(41-27-13-4-14-28-41)42-29-15-5-16-30-42)46(49-47)38-52(43-31-17-6-18-32-43)44-33-19-7-20-34-44/h2-7,9-20,23-34,45-46H,8,21-22,35-38H2,1H3/t45-,46-/m0/s1. The van der Waals surface area contributed by atoms with Crippen molar-refractivity contribution >= 4 is 55.6 Å². The van der Waals surface area contributed by atoms with Crippen LogP contribution in [-0.2, 0) is 9.47 Å². The maximum absolute atomic E-state index is 7.18. The van der Waals surface area contributed by atoms with Gasteiger partial charge in [0.1, 0.15) is 0 Å². The molecule has 2 atom stereocenters. The van der Waals surface area contributed by atoms with Crippen LogP contribution in [-0.4, -0.2) is 36.5 Å². The number of benzene rings is 6. The normalized spacial score (nSPS) is 16.8.